The highest BCUT2D eigenvalue weighted by molar-refractivity contribution is 5.82. The molecule has 21 heavy (non-hydrogen) atoms. The molecule has 0 aliphatic carbocycles. The molecule has 1 aliphatic rings. The second-order valence-electron chi connectivity index (χ2n) is 6.08. The van der Waals surface area contributed by atoms with Crippen molar-refractivity contribution in [2.45, 2.75) is 32.4 Å². The molecule has 1 N–H and O–H groups in total. The van der Waals surface area contributed by atoms with Crippen LogP contribution in [0.2, 0.25) is 0 Å². The second-order valence-corrected chi connectivity index (χ2v) is 6.08. The zero-order chi connectivity index (χ0) is 15.5. The Morgan fingerprint density at radius 2 is 2.14 bits per heavy atom. The minimum absolute atomic E-state index is 0.262. The van der Waals surface area contributed by atoms with Crippen LogP contribution < -0.4 is 10.2 Å². The van der Waals surface area contributed by atoms with Gasteiger partial charge in [0.2, 0.25) is 0 Å². The van der Waals surface area contributed by atoms with Gasteiger partial charge in [0.1, 0.15) is 17.7 Å². The van der Waals surface area contributed by atoms with Crippen molar-refractivity contribution in [1.82, 2.24) is 5.32 Å². The largest absolute Gasteiger partial charge is 0.458 e. The lowest BCUT2D eigenvalue weighted by molar-refractivity contribution is -0.156. The maximum atomic E-state index is 12.4. The van der Waals surface area contributed by atoms with Crippen molar-refractivity contribution in [3.63, 3.8) is 0 Å². The highest BCUT2D eigenvalue weighted by Crippen LogP contribution is 2.24. The van der Waals surface area contributed by atoms with Crippen LogP contribution in [0.25, 0.3) is 0 Å². The van der Waals surface area contributed by atoms with E-state index in [1.807, 2.05) is 43.9 Å². The second kappa shape index (κ2) is 6.15. The number of ether oxygens (including phenoxy) is 1. The first-order chi connectivity index (χ1) is 9.92. The van der Waals surface area contributed by atoms with Crippen LogP contribution in [0.4, 0.5) is 5.69 Å². The third-order valence-corrected chi connectivity index (χ3v) is 3.26. The molecular weight excluding hydrogens is 266 g/mol. The predicted octanol–water partition coefficient (Wildman–Crippen LogP) is 1.68. The number of hydrogen-bond donors (Lipinski definition) is 1. The molecule has 1 aliphatic heterocycles. The highest BCUT2D eigenvalue weighted by Gasteiger charge is 2.33. The number of anilines is 1. The summed E-state index contributed by atoms with van der Waals surface area (Å²) in [7, 11) is 0. The van der Waals surface area contributed by atoms with E-state index in [0.29, 0.717) is 18.7 Å². The van der Waals surface area contributed by atoms with Crippen molar-refractivity contribution in [3.8, 4) is 6.07 Å². The summed E-state index contributed by atoms with van der Waals surface area (Å²) < 4.78 is 5.50. The number of carbonyl (C=O) groups excluding carboxylic acids is 1. The van der Waals surface area contributed by atoms with Crippen LogP contribution in [0.15, 0.2) is 24.3 Å². The number of rotatable bonds is 2. The van der Waals surface area contributed by atoms with Gasteiger partial charge in [-0.2, -0.15) is 5.26 Å². The van der Waals surface area contributed by atoms with E-state index in [9.17, 15) is 10.1 Å². The Bertz CT molecular complexity index is 557. The fraction of sp³-hybridized carbons (Fsp3) is 0.500. The molecule has 5 nitrogen and oxygen atoms in total. The number of nitriles is 1. The molecule has 0 radical (unpaired) electrons. The monoisotopic (exact) mass is 287 g/mol. The highest BCUT2D eigenvalue weighted by atomic mass is 16.6. The van der Waals surface area contributed by atoms with Crippen molar-refractivity contribution in [2.75, 3.05) is 24.5 Å². The Kier molecular flexibility index (Phi) is 4.49. The SMILES string of the molecule is CC(C)(C)OC(=O)C1CNCCN1c1ccccc1C#N. The van der Waals surface area contributed by atoms with E-state index in [-0.39, 0.29) is 5.97 Å². The number of nitrogens with one attached hydrogen (secondary N) is 1. The fourth-order valence-corrected chi connectivity index (χ4v) is 2.39. The van der Waals surface area contributed by atoms with Gasteiger partial charge >= 0.3 is 5.97 Å². The minimum atomic E-state index is -0.519. The van der Waals surface area contributed by atoms with Crippen molar-refractivity contribution in [2.24, 2.45) is 0 Å². The zero-order valence-corrected chi connectivity index (χ0v) is 12.7. The molecule has 0 amide bonds. The third kappa shape index (κ3) is 3.73. The van der Waals surface area contributed by atoms with Gasteiger partial charge in [0.25, 0.3) is 0 Å². The van der Waals surface area contributed by atoms with Crippen molar-refractivity contribution in [1.29, 1.82) is 5.26 Å². The first-order valence-corrected chi connectivity index (χ1v) is 7.12. The predicted molar refractivity (Wildman–Crippen MR) is 81.0 cm³/mol. The van der Waals surface area contributed by atoms with Gasteiger partial charge in [-0.25, -0.2) is 4.79 Å². The lowest BCUT2D eigenvalue weighted by Gasteiger charge is -2.38. The number of hydrogen-bond acceptors (Lipinski definition) is 5. The van der Waals surface area contributed by atoms with Crippen LogP contribution >= 0.6 is 0 Å². The topological polar surface area (TPSA) is 65.4 Å². The molecule has 1 heterocycles. The van der Waals surface area contributed by atoms with Crippen molar-refractivity contribution in [3.05, 3.63) is 29.8 Å². The van der Waals surface area contributed by atoms with E-state index >= 15 is 0 Å². The van der Waals surface area contributed by atoms with Crippen molar-refractivity contribution < 1.29 is 9.53 Å². The summed E-state index contributed by atoms with van der Waals surface area (Å²) >= 11 is 0. The smallest absolute Gasteiger partial charge is 0.330 e. The maximum absolute atomic E-state index is 12.4. The van der Waals surface area contributed by atoms with Gasteiger partial charge in [-0.15, -0.1) is 0 Å². The molecule has 1 aromatic carbocycles. The number of carbonyl (C=O) groups is 1. The van der Waals surface area contributed by atoms with E-state index in [2.05, 4.69) is 11.4 Å². The minimum Gasteiger partial charge on any atom is -0.458 e. The van der Waals surface area contributed by atoms with E-state index in [0.717, 1.165) is 12.2 Å². The summed E-state index contributed by atoms with van der Waals surface area (Å²) in [6.45, 7) is 7.54. The van der Waals surface area contributed by atoms with Gasteiger partial charge in [-0.3, -0.25) is 0 Å². The molecule has 1 unspecified atom stereocenters. The molecule has 2 rings (SSSR count). The number of esters is 1. The van der Waals surface area contributed by atoms with Crippen LogP contribution in [0.3, 0.4) is 0 Å². The summed E-state index contributed by atoms with van der Waals surface area (Å²) in [5.41, 5.74) is 0.847. The van der Waals surface area contributed by atoms with Gasteiger partial charge in [0.05, 0.1) is 11.3 Å². The average molecular weight is 287 g/mol. The van der Waals surface area contributed by atoms with Crippen LogP contribution in [-0.4, -0.2) is 37.2 Å². The first-order valence-electron chi connectivity index (χ1n) is 7.12. The molecule has 0 aromatic heterocycles. The van der Waals surface area contributed by atoms with Crippen LogP contribution in [-0.2, 0) is 9.53 Å². The molecule has 112 valence electrons. The Labute approximate surface area is 125 Å². The Morgan fingerprint density at radius 1 is 1.43 bits per heavy atom. The van der Waals surface area contributed by atoms with Gasteiger partial charge < -0.3 is 15.0 Å². The normalized spacial score (nSPS) is 19.0. The molecular formula is C16H21N3O2. The molecule has 1 saturated heterocycles. The molecule has 0 spiro atoms. The summed E-state index contributed by atoms with van der Waals surface area (Å²) in [6.07, 6.45) is 0. The number of piperazine rings is 1. The van der Waals surface area contributed by atoms with Gasteiger partial charge in [0.15, 0.2) is 0 Å². The average Bonchev–Trinajstić information content (AvgIpc) is 2.45. The zero-order valence-electron chi connectivity index (χ0n) is 12.7. The number of para-hydroxylation sites is 1. The van der Waals surface area contributed by atoms with E-state index in [1.165, 1.54) is 0 Å². The molecule has 5 heteroatoms. The van der Waals surface area contributed by atoms with Gasteiger partial charge in [-0.05, 0) is 32.9 Å². The molecule has 1 aromatic rings. The Hall–Kier alpha value is -2.06. The molecule has 0 saturated carbocycles. The Morgan fingerprint density at radius 3 is 2.81 bits per heavy atom. The van der Waals surface area contributed by atoms with Crippen LogP contribution in [0.5, 0.6) is 0 Å². The molecule has 1 atom stereocenters. The summed E-state index contributed by atoms with van der Waals surface area (Å²) in [5, 5.41) is 12.5. The number of nitrogens with zero attached hydrogens (tertiary/aromatic N) is 2. The maximum Gasteiger partial charge on any atom is 0.330 e. The third-order valence-electron chi connectivity index (χ3n) is 3.26. The lowest BCUT2D eigenvalue weighted by Crippen LogP contribution is -2.56. The van der Waals surface area contributed by atoms with Gasteiger partial charge in [-0.1, -0.05) is 12.1 Å². The number of benzene rings is 1. The van der Waals surface area contributed by atoms with E-state index in [4.69, 9.17) is 4.74 Å². The van der Waals surface area contributed by atoms with Crippen molar-refractivity contribution >= 4 is 11.7 Å². The Balaban J connectivity index is 2.27. The lowest BCUT2D eigenvalue weighted by atomic mass is 10.1. The quantitative estimate of drug-likeness (QED) is 0.838. The fourth-order valence-electron chi connectivity index (χ4n) is 2.39. The van der Waals surface area contributed by atoms with Gasteiger partial charge in [0, 0.05) is 19.6 Å². The van der Waals surface area contributed by atoms with Crippen LogP contribution in [0, 0.1) is 11.3 Å². The molecule has 1 fully saturated rings. The standard InChI is InChI=1S/C16H21N3O2/c1-16(2,3)21-15(20)14-11-18-8-9-19(14)13-7-5-4-6-12(13)10-17/h4-7,14,18H,8-9,11H2,1-3H3. The molecule has 0 bridgehead atoms. The summed E-state index contributed by atoms with van der Waals surface area (Å²) in [6, 6.07) is 9.13. The summed E-state index contributed by atoms with van der Waals surface area (Å²) in [5.74, 6) is -0.262. The van der Waals surface area contributed by atoms with E-state index < -0.39 is 11.6 Å². The summed E-state index contributed by atoms with van der Waals surface area (Å²) in [4.78, 5) is 14.4. The van der Waals surface area contributed by atoms with E-state index in [1.54, 1.807) is 6.07 Å². The first kappa shape index (κ1) is 15.3. The van der Waals surface area contributed by atoms with Crippen LogP contribution in [0.1, 0.15) is 26.3 Å².